The highest BCUT2D eigenvalue weighted by molar-refractivity contribution is 6.30. The molecular formula is C22H23ClN4O3. The molecule has 2 aromatic carbocycles. The van der Waals surface area contributed by atoms with Crippen LogP contribution < -0.4 is 10.4 Å². The maximum absolute atomic E-state index is 13.0. The number of para-hydroxylation sites is 1. The van der Waals surface area contributed by atoms with Crippen molar-refractivity contribution in [1.29, 1.82) is 0 Å². The van der Waals surface area contributed by atoms with Crippen molar-refractivity contribution >= 4 is 17.5 Å². The molecule has 1 aromatic heterocycles. The Hall–Kier alpha value is -3.06. The Bertz CT molecular complexity index is 1120. The van der Waals surface area contributed by atoms with E-state index in [1.807, 2.05) is 35.2 Å². The number of halogens is 1. The number of benzene rings is 2. The van der Waals surface area contributed by atoms with E-state index in [0.717, 1.165) is 24.4 Å². The summed E-state index contributed by atoms with van der Waals surface area (Å²) in [5, 5.41) is 5.03. The molecule has 1 aliphatic rings. The summed E-state index contributed by atoms with van der Waals surface area (Å²) in [7, 11) is 3.19. The summed E-state index contributed by atoms with van der Waals surface area (Å²) in [5.74, 6) is 1.22. The smallest absolute Gasteiger partial charge is 0.350 e. The van der Waals surface area contributed by atoms with Crippen LogP contribution in [0, 0.1) is 0 Å². The molecule has 4 rings (SSSR count). The summed E-state index contributed by atoms with van der Waals surface area (Å²) < 4.78 is 8.37. The lowest BCUT2D eigenvalue weighted by Crippen LogP contribution is -2.38. The maximum atomic E-state index is 13.0. The topological polar surface area (TPSA) is 69.4 Å². The maximum Gasteiger partial charge on any atom is 0.350 e. The van der Waals surface area contributed by atoms with Gasteiger partial charge < -0.3 is 9.64 Å². The van der Waals surface area contributed by atoms with Crippen molar-refractivity contribution in [2.24, 2.45) is 7.05 Å². The summed E-state index contributed by atoms with van der Waals surface area (Å²) in [5.41, 5.74) is 1.13. The fraction of sp³-hybridized carbons (Fsp3) is 0.318. The number of rotatable bonds is 4. The van der Waals surface area contributed by atoms with E-state index in [1.54, 1.807) is 29.8 Å². The summed E-state index contributed by atoms with van der Waals surface area (Å²) in [6.45, 7) is 1.16. The van der Waals surface area contributed by atoms with E-state index in [9.17, 15) is 9.59 Å². The van der Waals surface area contributed by atoms with Gasteiger partial charge in [0, 0.05) is 31.1 Å². The van der Waals surface area contributed by atoms with Crippen LogP contribution in [0.4, 0.5) is 0 Å². The fourth-order valence-electron chi connectivity index (χ4n) is 3.92. The second-order valence-corrected chi connectivity index (χ2v) is 7.78. The van der Waals surface area contributed by atoms with Crippen LogP contribution in [0.3, 0.4) is 0 Å². The third-order valence-corrected chi connectivity index (χ3v) is 5.74. The van der Waals surface area contributed by atoms with Crippen LogP contribution in [0.25, 0.3) is 5.69 Å². The Morgan fingerprint density at radius 2 is 1.83 bits per heavy atom. The number of amides is 1. The molecule has 7 nitrogen and oxygen atoms in total. The number of piperidine rings is 1. The lowest BCUT2D eigenvalue weighted by atomic mass is 9.95. The zero-order valence-corrected chi connectivity index (χ0v) is 17.7. The van der Waals surface area contributed by atoms with Crippen molar-refractivity contribution in [3.05, 3.63) is 75.4 Å². The Morgan fingerprint density at radius 1 is 1.13 bits per heavy atom. The van der Waals surface area contributed by atoms with Crippen LogP contribution in [-0.4, -0.2) is 45.4 Å². The number of carbonyl (C=O) groups is 1. The van der Waals surface area contributed by atoms with E-state index in [0.29, 0.717) is 29.4 Å². The SMILES string of the molecule is COc1cc(Cl)ccc1C(=O)N1CCC(c2nn(C)c(=O)n2-c2ccccc2)CC1. The van der Waals surface area contributed by atoms with E-state index < -0.39 is 0 Å². The number of hydrogen-bond donors (Lipinski definition) is 0. The van der Waals surface area contributed by atoms with Gasteiger partial charge in [-0.05, 0) is 43.2 Å². The van der Waals surface area contributed by atoms with Gasteiger partial charge in [-0.15, -0.1) is 0 Å². The summed E-state index contributed by atoms with van der Waals surface area (Å²) in [4.78, 5) is 27.5. The van der Waals surface area contributed by atoms with Gasteiger partial charge >= 0.3 is 5.69 Å². The molecule has 0 saturated carbocycles. The summed E-state index contributed by atoms with van der Waals surface area (Å²) in [6.07, 6.45) is 1.45. The van der Waals surface area contributed by atoms with E-state index in [2.05, 4.69) is 5.10 Å². The average molecular weight is 427 g/mol. The van der Waals surface area contributed by atoms with E-state index in [-0.39, 0.29) is 17.5 Å². The molecule has 1 amide bonds. The third-order valence-electron chi connectivity index (χ3n) is 5.51. The van der Waals surface area contributed by atoms with E-state index >= 15 is 0 Å². The van der Waals surface area contributed by atoms with E-state index in [4.69, 9.17) is 16.3 Å². The van der Waals surface area contributed by atoms with Gasteiger partial charge in [-0.2, -0.15) is 5.10 Å². The number of ether oxygens (including phenoxy) is 1. The normalized spacial score (nSPS) is 14.7. The Kier molecular flexibility index (Phi) is 5.63. The second-order valence-electron chi connectivity index (χ2n) is 7.35. The number of likely N-dealkylation sites (tertiary alicyclic amines) is 1. The predicted molar refractivity (Wildman–Crippen MR) is 115 cm³/mol. The average Bonchev–Trinajstić information content (AvgIpc) is 3.08. The first-order chi connectivity index (χ1) is 14.5. The highest BCUT2D eigenvalue weighted by Crippen LogP contribution is 2.30. The van der Waals surface area contributed by atoms with Gasteiger partial charge in [0.1, 0.15) is 11.6 Å². The number of methoxy groups -OCH3 is 1. The summed E-state index contributed by atoms with van der Waals surface area (Å²) in [6, 6.07) is 14.6. The van der Waals surface area contributed by atoms with Gasteiger partial charge in [-0.1, -0.05) is 29.8 Å². The lowest BCUT2D eigenvalue weighted by molar-refractivity contribution is 0.0707. The van der Waals surface area contributed by atoms with Crippen LogP contribution in [-0.2, 0) is 7.05 Å². The van der Waals surface area contributed by atoms with Crippen LogP contribution in [0.5, 0.6) is 5.75 Å². The standard InChI is InChI=1S/C22H23ClN4O3/c1-25-22(29)27(17-6-4-3-5-7-17)20(24-25)15-10-12-26(13-11-15)21(28)18-9-8-16(23)14-19(18)30-2/h3-9,14-15H,10-13H2,1-2H3. The van der Waals surface area contributed by atoms with Crippen molar-refractivity contribution in [3.8, 4) is 11.4 Å². The highest BCUT2D eigenvalue weighted by atomic mass is 35.5. The van der Waals surface area contributed by atoms with Crippen molar-refractivity contribution < 1.29 is 9.53 Å². The van der Waals surface area contributed by atoms with Crippen molar-refractivity contribution in [1.82, 2.24) is 19.2 Å². The fourth-order valence-corrected chi connectivity index (χ4v) is 4.08. The molecule has 2 heterocycles. The molecule has 1 saturated heterocycles. The molecule has 1 aliphatic heterocycles. The van der Waals surface area contributed by atoms with Crippen LogP contribution in [0.2, 0.25) is 5.02 Å². The molecule has 1 fully saturated rings. The first-order valence-corrected chi connectivity index (χ1v) is 10.2. The zero-order chi connectivity index (χ0) is 21.3. The van der Waals surface area contributed by atoms with Gasteiger partial charge in [0.05, 0.1) is 18.4 Å². The van der Waals surface area contributed by atoms with E-state index in [1.165, 1.54) is 11.8 Å². The first-order valence-electron chi connectivity index (χ1n) is 9.83. The highest BCUT2D eigenvalue weighted by Gasteiger charge is 2.30. The van der Waals surface area contributed by atoms with Gasteiger partial charge in [0.15, 0.2) is 0 Å². The molecule has 3 aromatic rings. The molecular weight excluding hydrogens is 404 g/mol. The minimum atomic E-state index is -0.166. The van der Waals surface area contributed by atoms with Crippen LogP contribution in [0.1, 0.15) is 34.9 Å². The molecule has 0 spiro atoms. The first kappa shape index (κ1) is 20.2. The predicted octanol–water partition coefficient (Wildman–Crippen LogP) is 3.25. The van der Waals surface area contributed by atoms with Gasteiger partial charge in [0.2, 0.25) is 0 Å². The monoisotopic (exact) mass is 426 g/mol. The molecule has 0 N–H and O–H groups in total. The number of carbonyl (C=O) groups excluding carboxylic acids is 1. The number of aromatic nitrogens is 3. The van der Waals surface area contributed by atoms with Gasteiger partial charge in [0.25, 0.3) is 5.91 Å². The van der Waals surface area contributed by atoms with Crippen molar-refractivity contribution in [2.45, 2.75) is 18.8 Å². The second kappa shape index (κ2) is 8.36. The molecule has 0 radical (unpaired) electrons. The molecule has 0 atom stereocenters. The zero-order valence-electron chi connectivity index (χ0n) is 16.9. The Labute approximate surface area is 179 Å². The number of aryl methyl sites for hydroxylation is 1. The quantitative estimate of drug-likeness (QED) is 0.642. The minimum Gasteiger partial charge on any atom is -0.496 e. The minimum absolute atomic E-state index is 0.0802. The molecule has 30 heavy (non-hydrogen) atoms. The number of nitrogens with zero attached hydrogens (tertiary/aromatic N) is 4. The summed E-state index contributed by atoms with van der Waals surface area (Å²) >= 11 is 6.01. The molecule has 156 valence electrons. The third kappa shape index (κ3) is 3.73. The van der Waals surface area contributed by atoms with Gasteiger partial charge in [-0.3, -0.25) is 4.79 Å². The Balaban J connectivity index is 1.54. The largest absolute Gasteiger partial charge is 0.496 e. The molecule has 0 unspecified atom stereocenters. The van der Waals surface area contributed by atoms with Crippen LogP contribution >= 0.6 is 11.6 Å². The molecule has 0 bridgehead atoms. The number of hydrogen-bond acceptors (Lipinski definition) is 4. The molecule has 0 aliphatic carbocycles. The van der Waals surface area contributed by atoms with Crippen molar-refractivity contribution in [3.63, 3.8) is 0 Å². The van der Waals surface area contributed by atoms with Crippen molar-refractivity contribution in [2.75, 3.05) is 20.2 Å². The van der Waals surface area contributed by atoms with Gasteiger partial charge in [-0.25, -0.2) is 14.0 Å². The van der Waals surface area contributed by atoms with Crippen LogP contribution in [0.15, 0.2) is 53.3 Å². The molecule has 8 heteroatoms. The Morgan fingerprint density at radius 3 is 2.50 bits per heavy atom. The lowest BCUT2D eigenvalue weighted by Gasteiger charge is -2.32.